The number of halogens is 5. The number of hydroxylamine groups is 1. The van der Waals surface area contributed by atoms with E-state index in [-0.39, 0.29) is 50.8 Å². The minimum Gasteiger partial charge on any atom is -0.485 e. The van der Waals surface area contributed by atoms with Crippen molar-refractivity contribution in [2.45, 2.75) is 48.4 Å². The number of carbonyl (C=O) groups excluding carboxylic acids is 1. The number of hydrogen-bond donors (Lipinski definition) is 4. The molecule has 0 radical (unpaired) electrons. The van der Waals surface area contributed by atoms with Gasteiger partial charge in [-0.2, -0.15) is 22.0 Å². The van der Waals surface area contributed by atoms with Gasteiger partial charge in [0.05, 0.1) is 6.20 Å². The van der Waals surface area contributed by atoms with Crippen LogP contribution in [-0.2, 0) is 9.53 Å². The number of rotatable bonds is 7. The van der Waals surface area contributed by atoms with Crippen molar-refractivity contribution in [1.82, 2.24) is 14.8 Å². The average Bonchev–Trinajstić information content (AvgIpc) is 2.82. The van der Waals surface area contributed by atoms with Gasteiger partial charge >= 0.3 is 12.1 Å². The Morgan fingerprint density at radius 1 is 1.21 bits per heavy atom. The second kappa shape index (κ2) is 10.1. The van der Waals surface area contributed by atoms with Gasteiger partial charge in [-0.25, -0.2) is 9.79 Å². The largest absolute Gasteiger partial charge is 0.485 e. The van der Waals surface area contributed by atoms with E-state index in [1.165, 1.54) is 21.9 Å². The van der Waals surface area contributed by atoms with E-state index in [0.29, 0.717) is 18.5 Å². The van der Waals surface area contributed by atoms with Crippen molar-refractivity contribution < 1.29 is 50.5 Å². The Morgan fingerprint density at radius 3 is 2.32 bits per heavy atom. The molecule has 2 aliphatic heterocycles. The number of carbonyl (C=O) groups is 1. The topological polar surface area (TPSA) is 124 Å². The molecule has 1 aromatic rings. The summed E-state index contributed by atoms with van der Waals surface area (Å²) in [4.78, 5) is 16.5. The summed E-state index contributed by atoms with van der Waals surface area (Å²) in [5.41, 5.74) is 2.08. The maximum atomic E-state index is 13.0. The number of hydrogen-bond acceptors (Lipinski definition) is 8. The first kappa shape index (κ1) is 26.8. The normalized spacial score (nSPS) is 21.2. The molecule has 2 fully saturated rings. The first-order valence-electron chi connectivity index (χ1n) is 10.4. The molecule has 0 aromatic carbocycles. The molecule has 0 spiro atoms. The zero-order valence-corrected chi connectivity index (χ0v) is 18.7. The summed E-state index contributed by atoms with van der Waals surface area (Å²) >= 11 is 0. The lowest BCUT2D eigenvalue weighted by molar-refractivity contribution is -0.290. The Labute approximate surface area is 193 Å². The molecule has 2 saturated heterocycles. The molecule has 1 amide bonds. The summed E-state index contributed by atoms with van der Waals surface area (Å²) in [6.45, 7) is -1.19. The monoisotopic (exact) mass is 519 g/mol. The lowest BCUT2D eigenvalue weighted by Crippen LogP contribution is -2.57. The highest BCUT2D eigenvalue weighted by Gasteiger charge is 2.58. The number of alkyl halides is 5. The molecule has 15 heteroatoms. The van der Waals surface area contributed by atoms with Gasteiger partial charge < -0.3 is 9.47 Å². The van der Waals surface area contributed by atoms with Gasteiger partial charge in [0.15, 0.2) is 11.4 Å². The van der Waals surface area contributed by atoms with E-state index in [1.54, 1.807) is 0 Å². The van der Waals surface area contributed by atoms with Gasteiger partial charge in [-0.05, 0) is 25.0 Å². The van der Waals surface area contributed by atoms with E-state index in [9.17, 15) is 35.9 Å². The summed E-state index contributed by atoms with van der Waals surface area (Å²) in [7, 11) is -3.63. The zero-order chi connectivity index (χ0) is 25.2. The Bertz CT molecular complexity index is 844. The SMILES string of the molecule is O=C(NO)C1(S(O)(O)N2CCC(c3ccc(OCC(F)(F)C(F)(F)F)cn3)CC2)CCOCC1. The minimum absolute atomic E-state index is 0.0259. The van der Waals surface area contributed by atoms with E-state index in [0.717, 1.165) is 6.20 Å². The second-order valence-electron chi connectivity index (χ2n) is 8.18. The number of aromatic nitrogens is 1. The summed E-state index contributed by atoms with van der Waals surface area (Å²) in [6, 6.07) is 2.70. The molecule has 0 atom stereocenters. The van der Waals surface area contributed by atoms with Crippen LogP contribution in [0.2, 0.25) is 0 Å². The standard InChI is InChI=1S/C19H26F5N3O6S/c20-18(21,19(22,23)24)12-33-14-1-2-15(25-11-14)13-3-7-27(8-4-13)34(30,31)17(16(28)26-29)5-9-32-10-6-17/h1-2,11,13,29-31H,3-10,12H2,(H,26,28). The second-order valence-corrected chi connectivity index (χ2v) is 10.5. The quantitative estimate of drug-likeness (QED) is 0.245. The van der Waals surface area contributed by atoms with Crippen LogP contribution in [0.25, 0.3) is 0 Å². The molecule has 0 bridgehead atoms. The third kappa shape index (κ3) is 5.23. The number of nitrogens with one attached hydrogen (secondary N) is 1. The van der Waals surface area contributed by atoms with E-state index in [1.807, 2.05) is 0 Å². The number of amides is 1. The third-order valence-corrected chi connectivity index (χ3v) is 8.89. The van der Waals surface area contributed by atoms with Crippen molar-refractivity contribution in [2.75, 3.05) is 32.9 Å². The van der Waals surface area contributed by atoms with Crippen LogP contribution in [0.15, 0.2) is 18.3 Å². The van der Waals surface area contributed by atoms with E-state index in [4.69, 9.17) is 9.94 Å². The van der Waals surface area contributed by atoms with Crippen molar-refractivity contribution >= 4 is 16.7 Å². The maximum absolute atomic E-state index is 13.0. The van der Waals surface area contributed by atoms with Crippen LogP contribution in [0.3, 0.4) is 0 Å². The van der Waals surface area contributed by atoms with E-state index >= 15 is 0 Å². The van der Waals surface area contributed by atoms with Crippen LogP contribution in [0, 0.1) is 0 Å². The molecule has 3 heterocycles. The summed E-state index contributed by atoms with van der Waals surface area (Å²) in [6.07, 6.45) is -3.77. The Morgan fingerprint density at radius 2 is 1.82 bits per heavy atom. The number of piperidine rings is 1. The molecule has 2 aliphatic rings. The highest BCUT2D eigenvalue weighted by molar-refractivity contribution is 8.24. The molecule has 0 saturated carbocycles. The average molecular weight is 519 g/mol. The Balaban J connectivity index is 1.61. The molecule has 0 aliphatic carbocycles. The van der Waals surface area contributed by atoms with Crippen LogP contribution in [0.5, 0.6) is 5.75 Å². The fourth-order valence-corrected chi connectivity index (χ4v) is 6.28. The number of ether oxygens (including phenoxy) is 2. The van der Waals surface area contributed by atoms with Gasteiger partial charge in [0.2, 0.25) is 0 Å². The lowest BCUT2D eigenvalue weighted by Gasteiger charge is -2.56. The van der Waals surface area contributed by atoms with Crippen molar-refractivity contribution in [3.8, 4) is 5.75 Å². The lowest BCUT2D eigenvalue weighted by atomic mass is 9.94. The van der Waals surface area contributed by atoms with Gasteiger partial charge in [-0.3, -0.25) is 24.1 Å². The van der Waals surface area contributed by atoms with Gasteiger partial charge in [-0.1, -0.05) is 0 Å². The van der Waals surface area contributed by atoms with Crippen LogP contribution < -0.4 is 10.2 Å². The Hall–Kier alpha value is -1.78. The first-order chi connectivity index (χ1) is 15.8. The highest BCUT2D eigenvalue weighted by Crippen LogP contribution is 2.60. The maximum Gasteiger partial charge on any atom is 0.456 e. The molecule has 194 valence electrons. The third-order valence-electron chi connectivity index (χ3n) is 6.17. The molecule has 0 unspecified atom stereocenters. The molecule has 34 heavy (non-hydrogen) atoms. The molecule has 4 N–H and O–H groups in total. The predicted octanol–water partition coefficient (Wildman–Crippen LogP) is 3.56. The fourth-order valence-electron chi connectivity index (χ4n) is 4.06. The van der Waals surface area contributed by atoms with Crippen molar-refractivity contribution in [3.05, 3.63) is 24.0 Å². The molecular weight excluding hydrogens is 493 g/mol. The molecule has 9 nitrogen and oxygen atoms in total. The number of pyridine rings is 1. The predicted molar refractivity (Wildman–Crippen MR) is 110 cm³/mol. The number of nitrogens with zero attached hydrogens (tertiary/aromatic N) is 2. The van der Waals surface area contributed by atoms with Gasteiger partial charge in [0.1, 0.15) is 5.75 Å². The van der Waals surface area contributed by atoms with Gasteiger partial charge in [0.25, 0.3) is 5.91 Å². The van der Waals surface area contributed by atoms with Crippen molar-refractivity contribution in [3.63, 3.8) is 0 Å². The molecular formula is C19H26F5N3O6S. The van der Waals surface area contributed by atoms with Crippen LogP contribution in [0.1, 0.15) is 37.3 Å². The van der Waals surface area contributed by atoms with Crippen molar-refractivity contribution in [2.24, 2.45) is 0 Å². The molecule has 1 aromatic heterocycles. The summed E-state index contributed by atoms with van der Waals surface area (Å²) in [5.74, 6) is -6.26. The van der Waals surface area contributed by atoms with E-state index < -0.39 is 40.1 Å². The minimum atomic E-state index is -5.72. The van der Waals surface area contributed by atoms with Gasteiger partial charge in [-0.15, -0.1) is 10.8 Å². The smallest absolute Gasteiger partial charge is 0.456 e. The fraction of sp³-hybridized carbons (Fsp3) is 0.684. The highest BCUT2D eigenvalue weighted by atomic mass is 32.3. The first-order valence-corrected chi connectivity index (χ1v) is 11.9. The Kier molecular flexibility index (Phi) is 7.94. The molecule has 3 rings (SSSR count). The van der Waals surface area contributed by atoms with Crippen LogP contribution >= 0.6 is 10.8 Å². The summed E-state index contributed by atoms with van der Waals surface area (Å²) in [5, 5.41) is 9.17. The van der Waals surface area contributed by atoms with Gasteiger partial charge in [0, 0.05) is 50.8 Å². The van der Waals surface area contributed by atoms with Crippen LogP contribution in [-0.4, -0.2) is 79.3 Å². The summed E-state index contributed by atoms with van der Waals surface area (Å²) < 4.78 is 94.4. The van der Waals surface area contributed by atoms with E-state index in [2.05, 4.69) is 9.72 Å². The van der Waals surface area contributed by atoms with Crippen molar-refractivity contribution in [1.29, 1.82) is 0 Å². The zero-order valence-electron chi connectivity index (χ0n) is 17.9. The van der Waals surface area contributed by atoms with Crippen LogP contribution in [0.4, 0.5) is 22.0 Å².